The van der Waals surface area contributed by atoms with E-state index >= 15 is 0 Å². The van der Waals surface area contributed by atoms with E-state index in [1.54, 1.807) is 0 Å². The van der Waals surface area contributed by atoms with E-state index in [0.717, 1.165) is 19.3 Å². The van der Waals surface area contributed by atoms with E-state index < -0.39 is 9.84 Å². The third-order valence-electron chi connectivity index (χ3n) is 2.81. The summed E-state index contributed by atoms with van der Waals surface area (Å²) in [5.74, 6) is 0.951. The van der Waals surface area contributed by atoms with Crippen molar-refractivity contribution < 1.29 is 8.42 Å². The molecule has 1 rings (SSSR count). The Labute approximate surface area is 86.0 Å². The molecule has 0 N–H and O–H groups in total. The van der Waals surface area contributed by atoms with Crippen LogP contribution in [0.5, 0.6) is 0 Å². The van der Waals surface area contributed by atoms with Crippen LogP contribution in [0, 0.1) is 22.7 Å². The Balaban J connectivity index is 2.39. The number of sulfone groups is 1. The monoisotopic (exact) mass is 215 g/mol. The molecule has 0 aromatic rings. The normalized spacial score (nSPS) is 25.9. The molecule has 1 saturated heterocycles. The number of hydrogen-bond acceptors (Lipinski definition) is 3. The molecule has 14 heavy (non-hydrogen) atoms. The molecule has 0 spiro atoms. The maximum atomic E-state index is 11.2. The van der Waals surface area contributed by atoms with Gasteiger partial charge in [0.2, 0.25) is 0 Å². The second-order valence-electron chi connectivity index (χ2n) is 4.80. The highest BCUT2D eigenvalue weighted by atomic mass is 32.2. The molecule has 80 valence electrons. The van der Waals surface area contributed by atoms with Crippen LogP contribution >= 0.6 is 0 Å². The van der Waals surface area contributed by atoms with E-state index in [1.807, 2.05) is 13.8 Å². The first-order valence-corrected chi connectivity index (χ1v) is 6.78. The summed E-state index contributed by atoms with van der Waals surface area (Å²) in [4.78, 5) is 0. The van der Waals surface area contributed by atoms with Gasteiger partial charge in [-0.25, -0.2) is 8.42 Å². The quantitative estimate of drug-likeness (QED) is 0.720. The smallest absolute Gasteiger partial charge is 0.150 e. The van der Waals surface area contributed by atoms with Crippen molar-refractivity contribution in [1.29, 1.82) is 5.26 Å². The molecule has 0 amide bonds. The molecule has 0 aromatic carbocycles. The van der Waals surface area contributed by atoms with Gasteiger partial charge in [0.1, 0.15) is 0 Å². The molecule has 1 atom stereocenters. The van der Waals surface area contributed by atoms with E-state index in [9.17, 15) is 8.42 Å². The van der Waals surface area contributed by atoms with Crippen LogP contribution < -0.4 is 0 Å². The Morgan fingerprint density at radius 2 is 2.14 bits per heavy atom. The fraction of sp³-hybridized carbons (Fsp3) is 0.900. The largest absolute Gasteiger partial charge is 0.229 e. The number of rotatable bonds is 3. The van der Waals surface area contributed by atoms with Crippen molar-refractivity contribution in [2.75, 3.05) is 11.5 Å². The zero-order valence-corrected chi connectivity index (χ0v) is 9.60. The Hall–Kier alpha value is -0.560. The van der Waals surface area contributed by atoms with Gasteiger partial charge < -0.3 is 0 Å². The molecule has 4 heteroatoms. The predicted octanol–water partition coefficient (Wildman–Crippen LogP) is 1.75. The van der Waals surface area contributed by atoms with Gasteiger partial charge in [-0.2, -0.15) is 5.26 Å². The lowest BCUT2D eigenvalue weighted by molar-refractivity contribution is 0.384. The summed E-state index contributed by atoms with van der Waals surface area (Å²) in [7, 11) is -2.75. The van der Waals surface area contributed by atoms with E-state index in [1.165, 1.54) is 0 Å². The second kappa shape index (κ2) is 3.90. The first kappa shape index (κ1) is 11.5. The van der Waals surface area contributed by atoms with Gasteiger partial charge in [-0.3, -0.25) is 0 Å². The molecule has 1 unspecified atom stereocenters. The standard InChI is InChI=1S/C10H17NO2S/c1-10(2,8-11)5-3-9-4-6-14(12,13)7-9/h9H,3-7H2,1-2H3. The van der Waals surface area contributed by atoms with Crippen LogP contribution in [-0.4, -0.2) is 19.9 Å². The molecule has 1 aliphatic heterocycles. The van der Waals surface area contributed by atoms with Crippen molar-refractivity contribution in [3.8, 4) is 6.07 Å². The molecule has 0 radical (unpaired) electrons. The van der Waals surface area contributed by atoms with Crippen LogP contribution in [0.3, 0.4) is 0 Å². The third kappa shape index (κ3) is 3.30. The summed E-state index contributed by atoms with van der Waals surface area (Å²) in [6, 6.07) is 2.24. The van der Waals surface area contributed by atoms with Gasteiger partial charge in [-0.15, -0.1) is 0 Å². The highest BCUT2D eigenvalue weighted by molar-refractivity contribution is 7.91. The minimum Gasteiger partial charge on any atom is -0.229 e. The number of nitriles is 1. The fourth-order valence-electron chi connectivity index (χ4n) is 1.72. The zero-order valence-electron chi connectivity index (χ0n) is 8.78. The summed E-state index contributed by atoms with van der Waals surface area (Å²) < 4.78 is 22.3. The minimum atomic E-state index is -2.75. The molecule has 0 saturated carbocycles. The first-order valence-electron chi connectivity index (χ1n) is 4.96. The molecular formula is C10H17NO2S. The van der Waals surface area contributed by atoms with Crippen LogP contribution in [0.15, 0.2) is 0 Å². The van der Waals surface area contributed by atoms with Crippen LogP contribution in [0.4, 0.5) is 0 Å². The minimum absolute atomic E-state index is 0.285. The molecule has 3 nitrogen and oxygen atoms in total. The SMILES string of the molecule is CC(C)(C#N)CCC1CCS(=O)(=O)C1. The Morgan fingerprint density at radius 1 is 1.50 bits per heavy atom. The highest BCUT2D eigenvalue weighted by Gasteiger charge is 2.29. The summed E-state index contributed by atoms with van der Waals surface area (Å²) in [5, 5.41) is 8.80. The second-order valence-corrected chi connectivity index (χ2v) is 7.03. The van der Waals surface area contributed by atoms with Gasteiger partial charge >= 0.3 is 0 Å². The summed E-state index contributed by atoms with van der Waals surface area (Å²) in [6.45, 7) is 3.80. The van der Waals surface area contributed by atoms with Crippen molar-refractivity contribution >= 4 is 9.84 Å². The molecule has 0 bridgehead atoms. The van der Waals surface area contributed by atoms with Crippen LogP contribution in [0.2, 0.25) is 0 Å². The Morgan fingerprint density at radius 3 is 2.57 bits per heavy atom. The lowest BCUT2D eigenvalue weighted by atomic mass is 9.86. The van der Waals surface area contributed by atoms with Crippen molar-refractivity contribution in [3.05, 3.63) is 0 Å². The van der Waals surface area contributed by atoms with Gasteiger partial charge in [0.25, 0.3) is 0 Å². The van der Waals surface area contributed by atoms with Crippen LogP contribution in [0.25, 0.3) is 0 Å². The van der Waals surface area contributed by atoms with E-state index in [-0.39, 0.29) is 11.3 Å². The molecule has 0 aliphatic carbocycles. The van der Waals surface area contributed by atoms with E-state index in [0.29, 0.717) is 11.5 Å². The van der Waals surface area contributed by atoms with E-state index in [2.05, 4.69) is 6.07 Å². The van der Waals surface area contributed by atoms with Gasteiger partial charge in [-0.1, -0.05) is 0 Å². The van der Waals surface area contributed by atoms with Crippen molar-refractivity contribution in [3.63, 3.8) is 0 Å². The summed E-state index contributed by atoms with van der Waals surface area (Å²) in [6.07, 6.45) is 2.44. The summed E-state index contributed by atoms with van der Waals surface area (Å²) >= 11 is 0. The summed E-state index contributed by atoms with van der Waals surface area (Å²) in [5.41, 5.74) is -0.313. The zero-order chi connectivity index (χ0) is 10.8. The van der Waals surface area contributed by atoms with Crippen LogP contribution in [0.1, 0.15) is 33.1 Å². The van der Waals surface area contributed by atoms with Crippen molar-refractivity contribution in [2.24, 2.45) is 11.3 Å². The maximum Gasteiger partial charge on any atom is 0.150 e. The van der Waals surface area contributed by atoms with Gasteiger partial charge in [0.15, 0.2) is 9.84 Å². The van der Waals surface area contributed by atoms with Crippen molar-refractivity contribution in [2.45, 2.75) is 33.1 Å². The number of nitrogens with zero attached hydrogens (tertiary/aromatic N) is 1. The molecular weight excluding hydrogens is 198 g/mol. The van der Waals surface area contributed by atoms with Gasteiger partial charge in [-0.05, 0) is 39.0 Å². The first-order chi connectivity index (χ1) is 6.35. The average molecular weight is 215 g/mol. The van der Waals surface area contributed by atoms with Crippen molar-refractivity contribution in [1.82, 2.24) is 0 Å². The molecule has 1 aliphatic rings. The Bertz CT molecular complexity index is 338. The third-order valence-corrected chi connectivity index (χ3v) is 4.64. The lowest BCUT2D eigenvalue weighted by Crippen LogP contribution is -2.12. The molecule has 1 fully saturated rings. The highest BCUT2D eigenvalue weighted by Crippen LogP contribution is 2.29. The lowest BCUT2D eigenvalue weighted by Gasteiger charge is -2.16. The average Bonchev–Trinajstić information content (AvgIpc) is 2.43. The number of hydrogen-bond donors (Lipinski definition) is 0. The Kier molecular flexibility index (Phi) is 3.20. The van der Waals surface area contributed by atoms with Gasteiger partial charge in [0.05, 0.1) is 23.0 Å². The molecule has 1 heterocycles. The molecule has 0 aromatic heterocycles. The van der Waals surface area contributed by atoms with Gasteiger partial charge in [0, 0.05) is 0 Å². The van der Waals surface area contributed by atoms with Crippen LogP contribution in [-0.2, 0) is 9.84 Å². The predicted molar refractivity (Wildman–Crippen MR) is 55.4 cm³/mol. The van der Waals surface area contributed by atoms with E-state index in [4.69, 9.17) is 5.26 Å². The fourth-order valence-corrected chi connectivity index (χ4v) is 3.63. The maximum absolute atomic E-state index is 11.2. The topological polar surface area (TPSA) is 57.9 Å².